The Balaban J connectivity index is 1.88. The summed E-state index contributed by atoms with van der Waals surface area (Å²) in [6, 6.07) is 8.04. The number of nitrogens with one attached hydrogen (secondary N) is 1. The first kappa shape index (κ1) is 11.1. The van der Waals surface area contributed by atoms with Crippen molar-refractivity contribution < 1.29 is 4.79 Å². The monoisotopic (exact) mass is 243 g/mol. The molecule has 1 aromatic heterocycles. The molecule has 4 nitrogen and oxygen atoms in total. The Hall–Kier alpha value is -1.97. The van der Waals surface area contributed by atoms with Gasteiger partial charge in [-0.1, -0.05) is 6.07 Å². The molecule has 0 bridgehead atoms. The van der Waals surface area contributed by atoms with E-state index in [1.54, 1.807) is 0 Å². The summed E-state index contributed by atoms with van der Waals surface area (Å²) in [5, 5.41) is 4.10. The number of anilines is 1. The van der Waals surface area contributed by atoms with Gasteiger partial charge in [0.2, 0.25) is 0 Å². The molecule has 0 saturated carbocycles. The molecule has 0 spiro atoms. The van der Waals surface area contributed by atoms with Crippen LogP contribution in [-0.4, -0.2) is 28.6 Å². The van der Waals surface area contributed by atoms with E-state index in [1.165, 1.54) is 0 Å². The summed E-state index contributed by atoms with van der Waals surface area (Å²) in [5.41, 5.74) is 2.03. The van der Waals surface area contributed by atoms with Crippen LogP contribution in [0, 0.1) is 0 Å². The van der Waals surface area contributed by atoms with Gasteiger partial charge in [0.25, 0.3) is 0 Å². The van der Waals surface area contributed by atoms with Gasteiger partial charge in [0.15, 0.2) is 0 Å². The van der Waals surface area contributed by atoms with Crippen molar-refractivity contribution >= 4 is 22.6 Å². The largest absolute Gasteiger partial charge is 0.350 e. The Bertz CT molecular complexity index is 582. The van der Waals surface area contributed by atoms with Crippen LogP contribution in [0.4, 0.5) is 10.5 Å². The lowest BCUT2D eigenvalue weighted by Gasteiger charge is -2.16. The van der Waals surface area contributed by atoms with Crippen molar-refractivity contribution in [3.8, 4) is 0 Å². The molecule has 0 radical (unpaired) electrons. The number of aromatic nitrogens is 1. The number of aryl methyl sites for hydroxylation is 1. The summed E-state index contributed by atoms with van der Waals surface area (Å²) >= 11 is 0. The summed E-state index contributed by atoms with van der Waals surface area (Å²) in [4.78, 5) is 13.9. The first-order valence-electron chi connectivity index (χ1n) is 6.36. The summed E-state index contributed by atoms with van der Waals surface area (Å²) in [6.45, 7) is 1.74. The molecular weight excluding hydrogens is 226 g/mol. The summed E-state index contributed by atoms with van der Waals surface area (Å²) in [5.74, 6) is 0. The number of carbonyl (C=O) groups is 1. The van der Waals surface area contributed by atoms with E-state index in [4.69, 9.17) is 0 Å². The maximum atomic E-state index is 12.1. The average Bonchev–Trinajstić information content (AvgIpc) is 3.00. The molecule has 1 fully saturated rings. The molecule has 1 aromatic carbocycles. The number of fused-ring (bicyclic) bond motifs is 1. The number of nitrogens with zero attached hydrogens (tertiary/aromatic N) is 2. The number of amides is 2. The zero-order valence-electron chi connectivity index (χ0n) is 10.5. The lowest BCUT2D eigenvalue weighted by Crippen LogP contribution is -2.32. The third kappa shape index (κ3) is 1.83. The van der Waals surface area contributed by atoms with Crippen molar-refractivity contribution in [1.29, 1.82) is 0 Å². The van der Waals surface area contributed by atoms with E-state index in [0.29, 0.717) is 0 Å². The van der Waals surface area contributed by atoms with Gasteiger partial charge < -0.3 is 14.8 Å². The minimum Gasteiger partial charge on any atom is -0.350 e. The van der Waals surface area contributed by atoms with Crippen LogP contribution < -0.4 is 5.32 Å². The fraction of sp³-hybridized carbons (Fsp3) is 0.357. The van der Waals surface area contributed by atoms with Crippen molar-refractivity contribution in [2.45, 2.75) is 12.8 Å². The number of likely N-dealkylation sites (tertiary alicyclic amines) is 1. The maximum Gasteiger partial charge on any atom is 0.321 e. The first-order chi connectivity index (χ1) is 8.75. The third-order valence-corrected chi connectivity index (χ3v) is 3.56. The smallest absolute Gasteiger partial charge is 0.321 e. The zero-order chi connectivity index (χ0) is 12.5. The van der Waals surface area contributed by atoms with Crippen LogP contribution in [0.25, 0.3) is 10.9 Å². The van der Waals surface area contributed by atoms with Gasteiger partial charge in [-0.15, -0.1) is 0 Å². The van der Waals surface area contributed by atoms with Crippen LogP contribution in [0.5, 0.6) is 0 Å². The fourth-order valence-electron chi connectivity index (χ4n) is 2.53. The minimum absolute atomic E-state index is 0.0175. The lowest BCUT2D eigenvalue weighted by atomic mass is 10.2. The van der Waals surface area contributed by atoms with Crippen LogP contribution in [-0.2, 0) is 7.05 Å². The van der Waals surface area contributed by atoms with Gasteiger partial charge in [0.1, 0.15) is 0 Å². The Morgan fingerprint density at radius 2 is 2.00 bits per heavy atom. The van der Waals surface area contributed by atoms with E-state index in [9.17, 15) is 4.79 Å². The summed E-state index contributed by atoms with van der Waals surface area (Å²) in [7, 11) is 2.01. The van der Waals surface area contributed by atoms with E-state index < -0.39 is 0 Å². The van der Waals surface area contributed by atoms with Gasteiger partial charge in [-0.2, -0.15) is 0 Å². The molecule has 4 heteroatoms. The van der Waals surface area contributed by atoms with E-state index in [2.05, 4.69) is 16.0 Å². The number of benzene rings is 1. The van der Waals surface area contributed by atoms with Gasteiger partial charge in [-0.25, -0.2) is 4.79 Å². The molecular formula is C14H17N3O. The van der Waals surface area contributed by atoms with Crippen molar-refractivity contribution in [3.05, 3.63) is 30.5 Å². The minimum atomic E-state index is 0.0175. The zero-order valence-corrected chi connectivity index (χ0v) is 10.5. The molecule has 1 aliphatic rings. The second-order valence-corrected chi connectivity index (χ2v) is 4.79. The lowest BCUT2D eigenvalue weighted by molar-refractivity contribution is 0.222. The molecule has 1 saturated heterocycles. The van der Waals surface area contributed by atoms with Crippen LogP contribution in [0.15, 0.2) is 30.5 Å². The number of carbonyl (C=O) groups excluding carboxylic acids is 1. The maximum absolute atomic E-state index is 12.1. The van der Waals surface area contributed by atoms with E-state index >= 15 is 0 Å². The SMILES string of the molecule is Cn1ccc2c(NC(=O)N3CCCC3)cccc21. The van der Waals surface area contributed by atoms with Crippen molar-refractivity contribution in [3.63, 3.8) is 0 Å². The normalized spacial score (nSPS) is 15.3. The second kappa shape index (κ2) is 4.37. The van der Waals surface area contributed by atoms with Gasteiger partial charge in [-0.3, -0.25) is 0 Å². The topological polar surface area (TPSA) is 37.3 Å². The summed E-state index contributed by atoms with van der Waals surface area (Å²) in [6.07, 6.45) is 4.24. The first-order valence-corrected chi connectivity index (χ1v) is 6.36. The molecule has 0 unspecified atom stereocenters. The predicted molar refractivity (Wildman–Crippen MR) is 72.7 cm³/mol. The third-order valence-electron chi connectivity index (χ3n) is 3.56. The van der Waals surface area contributed by atoms with Gasteiger partial charge in [0.05, 0.1) is 5.69 Å². The number of rotatable bonds is 1. The highest BCUT2D eigenvalue weighted by Gasteiger charge is 2.18. The molecule has 18 heavy (non-hydrogen) atoms. The second-order valence-electron chi connectivity index (χ2n) is 4.79. The van der Waals surface area contributed by atoms with Gasteiger partial charge >= 0.3 is 6.03 Å². The molecule has 94 valence electrons. The standard InChI is InChI=1S/C14H17N3O/c1-16-10-7-11-12(5-4-6-13(11)16)15-14(18)17-8-2-3-9-17/h4-7,10H,2-3,8-9H2,1H3,(H,15,18). The average molecular weight is 243 g/mol. The van der Waals surface area contributed by atoms with Crippen molar-refractivity contribution in [2.75, 3.05) is 18.4 Å². The van der Waals surface area contributed by atoms with E-state index in [0.717, 1.165) is 42.5 Å². The fourth-order valence-corrected chi connectivity index (χ4v) is 2.53. The highest BCUT2D eigenvalue weighted by Crippen LogP contribution is 2.24. The molecule has 2 heterocycles. The molecule has 2 aromatic rings. The van der Waals surface area contributed by atoms with Crippen molar-refractivity contribution in [1.82, 2.24) is 9.47 Å². The Morgan fingerprint density at radius 3 is 2.78 bits per heavy atom. The number of hydrogen-bond donors (Lipinski definition) is 1. The molecule has 2 amide bonds. The quantitative estimate of drug-likeness (QED) is 0.821. The van der Waals surface area contributed by atoms with Crippen molar-refractivity contribution in [2.24, 2.45) is 7.05 Å². The van der Waals surface area contributed by atoms with E-state index in [-0.39, 0.29) is 6.03 Å². The molecule has 1 aliphatic heterocycles. The Morgan fingerprint density at radius 1 is 1.22 bits per heavy atom. The Kier molecular flexibility index (Phi) is 2.70. The van der Waals surface area contributed by atoms with Crippen LogP contribution in [0.2, 0.25) is 0 Å². The number of hydrogen-bond acceptors (Lipinski definition) is 1. The summed E-state index contributed by atoms with van der Waals surface area (Å²) < 4.78 is 2.06. The van der Waals surface area contributed by atoms with Gasteiger partial charge in [-0.05, 0) is 31.0 Å². The van der Waals surface area contributed by atoms with Gasteiger partial charge in [0, 0.05) is 37.2 Å². The van der Waals surface area contributed by atoms with E-state index in [1.807, 2.05) is 36.3 Å². The Labute approximate surface area is 106 Å². The highest BCUT2D eigenvalue weighted by atomic mass is 16.2. The molecule has 0 atom stereocenters. The molecule has 3 rings (SSSR count). The van der Waals surface area contributed by atoms with Crippen LogP contribution >= 0.6 is 0 Å². The van der Waals surface area contributed by atoms with Crippen LogP contribution in [0.3, 0.4) is 0 Å². The number of urea groups is 1. The molecule has 1 N–H and O–H groups in total. The van der Waals surface area contributed by atoms with Crippen LogP contribution in [0.1, 0.15) is 12.8 Å². The highest BCUT2D eigenvalue weighted by molar-refractivity contribution is 6.00. The predicted octanol–water partition coefficient (Wildman–Crippen LogP) is 2.81. The molecule has 0 aliphatic carbocycles.